The van der Waals surface area contributed by atoms with Crippen LogP contribution in [0.15, 0.2) is 11.6 Å². The number of rotatable bonds is 9. The third-order valence-corrected chi connectivity index (χ3v) is 6.75. The molecule has 0 aliphatic carbocycles. The predicted molar refractivity (Wildman–Crippen MR) is 81.2 cm³/mol. The van der Waals surface area contributed by atoms with Gasteiger partial charge in [-0.25, -0.2) is 14.4 Å². The third-order valence-electron chi connectivity index (χ3n) is 3.78. The van der Waals surface area contributed by atoms with E-state index in [1.54, 1.807) is 0 Å². The fraction of sp³-hybridized carbons (Fsp3) is 0.857. The Morgan fingerprint density at radius 1 is 1.21 bits per heavy atom. The number of hydrogen-bond donors (Lipinski definition) is 1. The Kier molecular flexibility index (Phi) is 5.24. The quantitative estimate of drug-likeness (QED) is 0.401. The molecule has 4 nitrogen and oxygen atoms in total. The Labute approximate surface area is 117 Å². The first-order chi connectivity index (χ1) is 9.02. The monoisotopic (exact) mass is 285 g/mol. The molecule has 0 spiro atoms. The fourth-order valence-corrected chi connectivity index (χ4v) is 4.71. The van der Waals surface area contributed by atoms with Crippen LogP contribution in [0.1, 0.15) is 40.0 Å². The summed E-state index contributed by atoms with van der Waals surface area (Å²) in [5.41, 5.74) is 1.40. The molecule has 0 amide bonds. The van der Waals surface area contributed by atoms with Crippen LogP contribution in [0.5, 0.6) is 0 Å². The van der Waals surface area contributed by atoms with Gasteiger partial charge in [-0.15, -0.1) is 0 Å². The summed E-state index contributed by atoms with van der Waals surface area (Å²) in [6.45, 7) is 11.5. The second kappa shape index (κ2) is 6.53. The predicted octanol–water partition coefficient (Wildman–Crippen LogP) is 3.09. The maximum Gasteiger partial charge on any atom is 0.284 e. The van der Waals surface area contributed by atoms with E-state index in [2.05, 4.69) is 41.3 Å². The Balaban J connectivity index is 1.65. The molecule has 1 atom stereocenters. The Morgan fingerprint density at radius 3 is 2.26 bits per heavy atom. The topological polar surface area (TPSA) is 35.1 Å². The molecule has 110 valence electrons. The fourth-order valence-electron chi connectivity index (χ4n) is 2.27. The van der Waals surface area contributed by atoms with Crippen molar-refractivity contribution in [1.82, 2.24) is 14.4 Å². The molecule has 0 aromatic heterocycles. The average molecular weight is 285 g/mol. The van der Waals surface area contributed by atoms with Crippen molar-refractivity contribution in [3.05, 3.63) is 11.6 Å². The van der Waals surface area contributed by atoms with E-state index in [9.17, 15) is 4.57 Å². The van der Waals surface area contributed by atoms with Gasteiger partial charge in [0.05, 0.1) is 0 Å². The largest absolute Gasteiger partial charge is 0.284 e. The second-order valence-electron chi connectivity index (χ2n) is 6.11. The second-order valence-corrected chi connectivity index (χ2v) is 8.65. The normalized spacial score (nSPS) is 21.2. The lowest BCUT2D eigenvalue weighted by Gasteiger charge is -2.22. The molecule has 2 fully saturated rings. The molecule has 2 aliphatic rings. The van der Waals surface area contributed by atoms with Crippen molar-refractivity contribution in [2.75, 3.05) is 32.7 Å². The van der Waals surface area contributed by atoms with Crippen molar-refractivity contribution in [2.45, 2.75) is 40.0 Å². The lowest BCUT2D eigenvalue weighted by atomic mass is 10.0. The Bertz CT molecular complexity index is 355. The molecule has 2 heterocycles. The summed E-state index contributed by atoms with van der Waals surface area (Å²) in [5.74, 6) is 0.694. The Morgan fingerprint density at radius 2 is 1.79 bits per heavy atom. The van der Waals surface area contributed by atoms with Crippen molar-refractivity contribution >= 4 is 7.59 Å². The van der Waals surface area contributed by atoms with Crippen LogP contribution >= 0.6 is 7.59 Å². The molecule has 19 heavy (non-hydrogen) atoms. The highest BCUT2D eigenvalue weighted by atomic mass is 31.2. The molecule has 2 aliphatic heterocycles. The maximum atomic E-state index is 12.8. The van der Waals surface area contributed by atoms with E-state index in [1.807, 2.05) is 0 Å². The number of allylic oxidation sites excluding steroid dienone is 2. The van der Waals surface area contributed by atoms with Crippen LogP contribution in [0.2, 0.25) is 0 Å². The van der Waals surface area contributed by atoms with Crippen molar-refractivity contribution < 1.29 is 4.57 Å². The van der Waals surface area contributed by atoms with Crippen LogP contribution in [0.3, 0.4) is 0 Å². The van der Waals surface area contributed by atoms with Gasteiger partial charge < -0.3 is 0 Å². The van der Waals surface area contributed by atoms with Crippen molar-refractivity contribution in [3.8, 4) is 0 Å². The highest BCUT2D eigenvalue weighted by molar-refractivity contribution is 7.57. The first-order valence-corrected chi connectivity index (χ1v) is 9.13. The summed E-state index contributed by atoms with van der Waals surface area (Å²) < 4.78 is 16.9. The van der Waals surface area contributed by atoms with E-state index < -0.39 is 7.59 Å². The average Bonchev–Trinajstić information content (AvgIpc) is 3.17. The molecular formula is C14H28N3OP. The van der Waals surface area contributed by atoms with Crippen LogP contribution < -0.4 is 5.09 Å². The molecule has 0 radical (unpaired) electrons. The first kappa shape index (κ1) is 15.2. The summed E-state index contributed by atoms with van der Waals surface area (Å²) in [6.07, 6.45) is 5.81. The van der Waals surface area contributed by atoms with Crippen LogP contribution in [0, 0.1) is 5.92 Å². The summed E-state index contributed by atoms with van der Waals surface area (Å²) in [6, 6.07) is 0. The van der Waals surface area contributed by atoms with Crippen molar-refractivity contribution in [2.24, 2.45) is 5.92 Å². The minimum absolute atomic E-state index is 0.694. The molecule has 5 heteroatoms. The summed E-state index contributed by atoms with van der Waals surface area (Å²) in [7, 11) is -2.33. The van der Waals surface area contributed by atoms with Crippen LogP contribution in [-0.2, 0) is 4.57 Å². The molecule has 0 aromatic rings. The molecule has 1 N–H and O–H groups in total. The van der Waals surface area contributed by atoms with E-state index in [1.165, 1.54) is 18.4 Å². The molecule has 2 rings (SSSR count). The van der Waals surface area contributed by atoms with E-state index in [0.29, 0.717) is 5.92 Å². The minimum Gasteiger partial charge on any atom is -0.270 e. The van der Waals surface area contributed by atoms with Crippen molar-refractivity contribution in [3.63, 3.8) is 0 Å². The minimum atomic E-state index is -2.33. The lowest BCUT2D eigenvalue weighted by molar-refractivity contribution is 0.470. The molecule has 0 bridgehead atoms. The standard InChI is InChI=1S/C14H28N3OP/c1-13(2)5-4-6-14(3)7-8-15-19(18,16-9-10-16)17-11-12-17/h5,14H,4,6-12H2,1-3H3,(H,15,18)/t14-/m0/s1. The first-order valence-electron chi connectivity index (χ1n) is 7.52. The Hall–Kier alpha value is -0.150. The van der Waals surface area contributed by atoms with Crippen LogP contribution in [-0.4, -0.2) is 42.1 Å². The zero-order valence-corrected chi connectivity index (χ0v) is 13.5. The number of nitrogens with zero attached hydrogens (tertiary/aromatic N) is 2. The molecule has 0 saturated carbocycles. The van der Waals surface area contributed by atoms with Gasteiger partial charge in [0.2, 0.25) is 0 Å². The summed E-state index contributed by atoms with van der Waals surface area (Å²) in [5, 5.41) is 3.34. The van der Waals surface area contributed by atoms with E-state index in [4.69, 9.17) is 0 Å². The molecule has 0 aromatic carbocycles. The van der Waals surface area contributed by atoms with Gasteiger partial charge in [0.15, 0.2) is 0 Å². The molecule has 2 saturated heterocycles. The van der Waals surface area contributed by atoms with Gasteiger partial charge in [-0.3, -0.25) is 4.57 Å². The van der Waals surface area contributed by atoms with Gasteiger partial charge in [-0.1, -0.05) is 18.6 Å². The van der Waals surface area contributed by atoms with Gasteiger partial charge in [0.25, 0.3) is 7.59 Å². The number of hydrogen-bond acceptors (Lipinski definition) is 1. The maximum absolute atomic E-state index is 12.8. The van der Waals surface area contributed by atoms with Crippen molar-refractivity contribution in [1.29, 1.82) is 0 Å². The molecular weight excluding hydrogens is 257 g/mol. The molecule has 0 unspecified atom stereocenters. The third kappa shape index (κ3) is 4.71. The lowest BCUT2D eigenvalue weighted by Crippen LogP contribution is -2.23. The van der Waals surface area contributed by atoms with Gasteiger partial charge in [-0.2, -0.15) is 0 Å². The van der Waals surface area contributed by atoms with E-state index in [0.717, 1.165) is 39.1 Å². The zero-order chi connectivity index (χ0) is 13.9. The SMILES string of the molecule is CC(C)=CCC[C@H](C)CCNP(=O)(N1CC1)N1CC1. The van der Waals surface area contributed by atoms with Gasteiger partial charge in [0.1, 0.15) is 0 Å². The van der Waals surface area contributed by atoms with Gasteiger partial charge in [0, 0.05) is 32.7 Å². The van der Waals surface area contributed by atoms with Crippen LogP contribution in [0.25, 0.3) is 0 Å². The van der Waals surface area contributed by atoms with E-state index in [-0.39, 0.29) is 0 Å². The van der Waals surface area contributed by atoms with Gasteiger partial charge >= 0.3 is 0 Å². The van der Waals surface area contributed by atoms with Crippen LogP contribution in [0.4, 0.5) is 0 Å². The smallest absolute Gasteiger partial charge is 0.270 e. The van der Waals surface area contributed by atoms with E-state index >= 15 is 0 Å². The zero-order valence-electron chi connectivity index (χ0n) is 12.6. The highest BCUT2D eigenvalue weighted by Crippen LogP contribution is 2.56. The summed E-state index contributed by atoms with van der Waals surface area (Å²) in [4.78, 5) is 0. The van der Waals surface area contributed by atoms with Gasteiger partial charge in [-0.05, 0) is 39.0 Å². The number of nitrogens with one attached hydrogen (secondary N) is 1. The summed E-state index contributed by atoms with van der Waals surface area (Å²) >= 11 is 0. The highest BCUT2D eigenvalue weighted by Gasteiger charge is 2.47.